The van der Waals surface area contributed by atoms with Gasteiger partial charge in [0.2, 0.25) is 0 Å². The molecule has 33 heavy (non-hydrogen) atoms. The maximum Gasteiger partial charge on any atom is 0.337 e. The maximum atomic E-state index is 12.6. The topological polar surface area (TPSA) is 135 Å². The quantitative estimate of drug-likeness (QED) is 0.532. The van der Waals surface area contributed by atoms with Crippen LogP contribution in [0.1, 0.15) is 45.7 Å². The number of imide groups is 1. The Balaban J connectivity index is 1.36. The van der Waals surface area contributed by atoms with Gasteiger partial charge in [-0.05, 0) is 50.5 Å². The SMILES string of the molecule is Cc1[nH]c(C=C2C(=O)Nc3cc(NC(=O)N4CCN(C5CC5)C4=O)ccc32)c(C)c1C(=O)O. The van der Waals surface area contributed by atoms with Crippen molar-refractivity contribution in [2.75, 3.05) is 23.7 Å². The first-order chi connectivity index (χ1) is 15.7. The normalized spacial score (nSPS) is 18.7. The summed E-state index contributed by atoms with van der Waals surface area (Å²) in [4.78, 5) is 55.1. The average molecular weight is 449 g/mol. The van der Waals surface area contributed by atoms with Gasteiger partial charge in [-0.15, -0.1) is 0 Å². The number of nitrogens with one attached hydrogen (secondary N) is 3. The second-order valence-electron chi connectivity index (χ2n) is 8.53. The monoisotopic (exact) mass is 449 g/mol. The van der Waals surface area contributed by atoms with E-state index in [1.54, 1.807) is 43.0 Å². The number of rotatable bonds is 4. The number of carboxylic acids is 1. The number of urea groups is 2. The number of carbonyl (C=O) groups excluding carboxylic acids is 3. The summed E-state index contributed by atoms with van der Waals surface area (Å²) in [5.41, 5.74) is 3.81. The van der Waals surface area contributed by atoms with Crippen LogP contribution in [0, 0.1) is 13.8 Å². The van der Waals surface area contributed by atoms with Crippen molar-refractivity contribution in [3.8, 4) is 0 Å². The van der Waals surface area contributed by atoms with Gasteiger partial charge in [0.1, 0.15) is 0 Å². The highest BCUT2D eigenvalue weighted by Gasteiger charge is 2.41. The van der Waals surface area contributed by atoms with Crippen LogP contribution in [0.4, 0.5) is 21.0 Å². The van der Waals surface area contributed by atoms with Crippen LogP contribution in [-0.4, -0.2) is 63.0 Å². The zero-order chi connectivity index (χ0) is 23.4. The summed E-state index contributed by atoms with van der Waals surface area (Å²) < 4.78 is 0. The number of hydrogen-bond acceptors (Lipinski definition) is 4. The Morgan fingerprint density at radius 3 is 2.61 bits per heavy atom. The Morgan fingerprint density at radius 1 is 1.18 bits per heavy atom. The summed E-state index contributed by atoms with van der Waals surface area (Å²) in [6.07, 6.45) is 3.60. The summed E-state index contributed by atoms with van der Waals surface area (Å²) in [5.74, 6) is -1.36. The molecule has 0 atom stereocenters. The number of aromatic nitrogens is 1. The van der Waals surface area contributed by atoms with Crippen LogP contribution in [0.3, 0.4) is 0 Å². The third-order valence-electron chi connectivity index (χ3n) is 6.31. The fraction of sp³-hybridized carbons (Fsp3) is 0.304. The Kier molecular flexibility index (Phi) is 4.73. The van der Waals surface area contributed by atoms with Gasteiger partial charge in [-0.3, -0.25) is 4.79 Å². The highest BCUT2D eigenvalue weighted by molar-refractivity contribution is 6.35. The summed E-state index contributed by atoms with van der Waals surface area (Å²) in [7, 11) is 0. The van der Waals surface area contributed by atoms with E-state index in [0.717, 1.165) is 12.8 Å². The van der Waals surface area contributed by atoms with Crippen molar-refractivity contribution in [2.24, 2.45) is 0 Å². The molecule has 1 aromatic carbocycles. The molecule has 0 unspecified atom stereocenters. The minimum atomic E-state index is -1.03. The number of anilines is 2. The molecule has 0 bridgehead atoms. The van der Waals surface area contributed by atoms with E-state index in [0.29, 0.717) is 52.6 Å². The molecule has 3 aliphatic rings. The lowest BCUT2D eigenvalue weighted by molar-refractivity contribution is -0.110. The van der Waals surface area contributed by atoms with E-state index in [4.69, 9.17) is 0 Å². The van der Waals surface area contributed by atoms with Crippen molar-refractivity contribution in [1.82, 2.24) is 14.8 Å². The number of aromatic carboxylic acids is 1. The van der Waals surface area contributed by atoms with E-state index in [2.05, 4.69) is 15.6 Å². The first kappa shape index (κ1) is 20.8. The average Bonchev–Trinajstić information content (AvgIpc) is 3.36. The van der Waals surface area contributed by atoms with Gasteiger partial charge < -0.3 is 25.6 Å². The van der Waals surface area contributed by atoms with Crippen LogP contribution >= 0.6 is 0 Å². The molecule has 2 aliphatic heterocycles. The summed E-state index contributed by atoms with van der Waals surface area (Å²) in [5, 5.41) is 14.9. The van der Waals surface area contributed by atoms with Crippen LogP contribution in [-0.2, 0) is 4.79 Å². The van der Waals surface area contributed by atoms with E-state index in [9.17, 15) is 24.3 Å². The summed E-state index contributed by atoms with van der Waals surface area (Å²) >= 11 is 0. The van der Waals surface area contributed by atoms with Gasteiger partial charge in [0, 0.05) is 41.8 Å². The highest BCUT2D eigenvalue weighted by Crippen LogP contribution is 2.36. The molecule has 5 rings (SSSR count). The minimum absolute atomic E-state index is 0.190. The van der Waals surface area contributed by atoms with Crippen LogP contribution in [0.5, 0.6) is 0 Å². The number of amides is 5. The van der Waals surface area contributed by atoms with Crippen molar-refractivity contribution in [3.05, 3.63) is 46.3 Å². The molecule has 0 radical (unpaired) electrons. The second kappa shape index (κ2) is 7.51. The van der Waals surface area contributed by atoms with Crippen molar-refractivity contribution in [2.45, 2.75) is 32.7 Å². The minimum Gasteiger partial charge on any atom is -0.478 e. The Morgan fingerprint density at radius 2 is 1.94 bits per heavy atom. The summed E-state index contributed by atoms with van der Waals surface area (Å²) in [6, 6.07) is 4.50. The van der Waals surface area contributed by atoms with Crippen LogP contribution in [0.25, 0.3) is 11.6 Å². The van der Waals surface area contributed by atoms with Gasteiger partial charge in [-0.2, -0.15) is 0 Å². The van der Waals surface area contributed by atoms with Gasteiger partial charge in [0.15, 0.2) is 0 Å². The van der Waals surface area contributed by atoms with Crippen molar-refractivity contribution in [1.29, 1.82) is 0 Å². The molecule has 5 amide bonds. The molecule has 3 heterocycles. The summed E-state index contributed by atoms with van der Waals surface area (Å²) in [6.45, 7) is 4.26. The zero-order valence-electron chi connectivity index (χ0n) is 18.2. The van der Waals surface area contributed by atoms with Gasteiger partial charge in [-0.25, -0.2) is 19.3 Å². The third kappa shape index (κ3) is 3.53. The lowest BCUT2D eigenvalue weighted by atomic mass is 10.0. The molecule has 0 spiro atoms. The smallest absolute Gasteiger partial charge is 0.337 e. The second-order valence-corrected chi connectivity index (χ2v) is 8.53. The van der Waals surface area contributed by atoms with Crippen molar-refractivity contribution in [3.63, 3.8) is 0 Å². The predicted molar refractivity (Wildman–Crippen MR) is 121 cm³/mol. The number of fused-ring (bicyclic) bond motifs is 1. The van der Waals surface area contributed by atoms with E-state index >= 15 is 0 Å². The first-order valence-corrected chi connectivity index (χ1v) is 10.7. The number of benzene rings is 1. The number of aromatic amines is 1. The number of carbonyl (C=O) groups is 4. The first-order valence-electron chi connectivity index (χ1n) is 10.7. The molecule has 1 aliphatic carbocycles. The number of nitrogens with zero attached hydrogens (tertiary/aromatic N) is 2. The molecule has 2 fully saturated rings. The van der Waals surface area contributed by atoms with Crippen molar-refractivity contribution >= 4 is 47.0 Å². The number of hydrogen-bond donors (Lipinski definition) is 4. The Labute approximate surface area is 189 Å². The molecular weight excluding hydrogens is 426 g/mol. The van der Waals surface area contributed by atoms with Gasteiger partial charge in [0.25, 0.3) is 5.91 Å². The largest absolute Gasteiger partial charge is 0.478 e. The van der Waals surface area contributed by atoms with Gasteiger partial charge >= 0.3 is 18.0 Å². The number of aryl methyl sites for hydroxylation is 1. The fourth-order valence-corrected chi connectivity index (χ4v) is 4.46. The molecule has 1 saturated heterocycles. The Bertz CT molecular complexity index is 1260. The van der Waals surface area contributed by atoms with E-state index < -0.39 is 12.0 Å². The maximum absolute atomic E-state index is 12.6. The lowest BCUT2D eigenvalue weighted by Crippen LogP contribution is -2.39. The third-order valence-corrected chi connectivity index (χ3v) is 6.31. The van der Waals surface area contributed by atoms with Crippen LogP contribution < -0.4 is 10.6 Å². The number of carboxylic acid groups (broad SMARTS) is 1. The number of H-pyrrole nitrogens is 1. The van der Waals surface area contributed by atoms with Crippen LogP contribution in [0.2, 0.25) is 0 Å². The van der Waals surface area contributed by atoms with Crippen molar-refractivity contribution < 1.29 is 24.3 Å². The molecule has 1 saturated carbocycles. The molecule has 170 valence electrons. The van der Waals surface area contributed by atoms with E-state index in [1.807, 2.05) is 0 Å². The molecular formula is C23H23N5O5. The Hall–Kier alpha value is -4.08. The molecule has 10 nitrogen and oxygen atoms in total. The van der Waals surface area contributed by atoms with Gasteiger partial charge in [0.05, 0.1) is 16.8 Å². The van der Waals surface area contributed by atoms with Gasteiger partial charge in [-0.1, -0.05) is 6.07 Å². The predicted octanol–water partition coefficient (Wildman–Crippen LogP) is 3.25. The molecule has 4 N–H and O–H groups in total. The van der Waals surface area contributed by atoms with E-state index in [-0.39, 0.29) is 23.5 Å². The van der Waals surface area contributed by atoms with Crippen LogP contribution in [0.15, 0.2) is 18.2 Å². The lowest BCUT2D eigenvalue weighted by Gasteiger charge is -2.17. The standard InChI is InChI=1S/C23H23N5O5/c1-11-17(24-12(2)19(11)21(30)31)10-16-15-6-3-13(9-18(15)26-20(16)29)25-22(32)28-8-7-27(23(28)33)14-4-5-14/h3,6,9-10,14,24H,4-5,7-8H2,1-2H3,(H,25,32)(H,26,29)(H,30,31). The molecule has 2 aromatic rings. The van der Waals surface area contributed by atoms with E-state index in [1.165, 1.54) is 4.90 Å². The zero-order valence-corrected chi connectivity index (χ0v) is 18.2. The molecule has 10 heteroatoms. The highest BCUT2D eigenvalue weighted by atomic mass is 16.4. The fourth-order valence-electron chi connectivity index (χ4n) is 4.46. The molecule has 1 aromatic heterocycles.